The Kier molecular flexibility index (Phi) is 12.3. The number of rotatable bonds is 14. The van der Waals surface area contributed by atoms with E-state index in [0.29, 0.717) is 19.4 Å². The monoisotopic (exact) mass is 943 g/mol. The third kappa shape index (κ3) is 8.40. The average molecular weight is 944 g/mol. The van der Waals surface area contributed by atoms with Gasteiger partial charge in [-0.05, 0) is 149 Å². The van der Waals surface area contributed by atoms with Crippen molar-refractivity contribution in [1.29, 1.82) is 0 Å². The summed E-state index contributed by atoms with van der Waals surface area (Å²) in [5.41, 5.74) is 12.2. The highest BCUT2D eigenvalue weighted by molar-refractivity contribution is 14.1. The topological polar surface area (TPSA) is 66.7 Å². The Hall–Kier alpha value is -4.51. The SMILES string of the molecule is CCCCC[N+]1=C(/C=C/C2=C(N(C)c3ccc(I)cc3)C(=C/C=C3/N(CCCCS(=O)(=O)[O-])c4ccc5ccccc5c4C3(C)C)/CC2)C(C)(C)c2c1ccc1ccccc21. The van der Waals surface area contributed by atoms with E-state index in [1.54, 1.807) is 0 Å². The van der Waals surface area contributed by atoms with Gasteiger partial charge in [0.1, 0.15) is 6.54 Å². The molecule has 0 aromatic heterocycles. The quantitative estimate of drug-likeness (QED) is 0.0480. The zero-order valence-corrected chi connectivity index (χ0v) is 39.4. The summed E-state index contributed by atoms with van der Waals surface area (Å²) in [7, 11) is -2.08. The number of halogens is 1. The fraction of sp³-hybridized carbons (Fsp3) is 0.340. The van der Waals surface area contributed by atoms with Gasteiger partial charge in [-0.2, -0.15) is 4.58 Å². The van der Waals surface area contributed by atoms with Crippen molar-refractivity contribution in [2.75, 3.05) is 35.7 Å². The minimum atomic E-state index is -4.27. The summed E-state index contributed by atoms with van der Waals surface area (Å²) >= 11 is 2.38. The van der Waals surface area contributed by atoms with Crippen molar-refractivity contribution in [3.05, 3.63) is 159 Å². The summed E-state index contributed by atoms with van der Waals surface area (Å²) < 4.78 is 38.4. The molecule has 0 bridgehead atoms. The van der Waals surface area contributed by atoms with Gasteiger partial charge in [0.25, 0.3) is 0 Å². The molecule has 0 fully saturated rings. The van der Waals surface area contributed by atoms with Crippen LogP contribution in [0.15, 0.2) is 144 Å². The maximum atomic E-state index is 11.5. The normalized spacial score (nSPS) is 18.5. The van der Waals surface area contributed by atoms with Gasteiger partial charge in [0, 0.05) is 75.2 Å². The van der Waals surface area contributed by atoms with Crippen LogP contribution in [-0.4, -0.2) is 49.1 Å². The lowest BCUT2D eigenvalue weighted by atomic mass is 9.79. The molecule has 0 saturated carbocycles. The predicted molar refractivity (Wildman–Crippen MR) is 264 cm³/mol. The number of likely N-dealkylation sites (N-methyl/N-ethyl adjacent to an activating group) is 1. The van der Waals surface area contributed by atoms with Gasteiger partial charge in [0.2, 0.25) is 5.69 Å². The molecule has 0 unspecified atom stereocenters. The minimum Gasteiger partial charge on any atom is -0.748 e. The van der Waals surface area contributed by atoms with Crippen LogP contribution in [0.1, 0.15) is 90.7 Å². The van der Waals surface area contributed by atoms with Crippen LogP contribution in [0.5, 0.6) is 0 Å². The third-order valence-corrected chi connectivity index (χ3v) is 14.7. The molecule has 8 heteroatoms. The molecule has 8 rings (SSSR count). The van der Waals surface area contributed by atoms with Gasteiger partial charge in [0.15, 0.2) is 5.71 Å². The number of unbranched alkanes of at least 4 members (excludes halogenated alkanes) is 3. The van der Waals surface area contributed by atoms with Crippen LogP contribution < -0.4 is 9.80 Å². The maximum absolute atomic E-state index is 11.5. The van der Waals surface area contributed by atoms with E-state index in [-0.39, 0.29) is 16.6 Å². The van der Waals surface area contributed by atoms with E-state index < -0.39 is 10.1 Å². The molecule has 0 N–H and O–H groups in total. The van der Waals surface area contributed by atoms with Crippen molar-refractivity contribution in [2.24, 2.45) is 0 Å². The Morgan fingerprint density at radius 2 is 1.44 bits per heavy atom. The predicted octanol–water partition coefficient (Wildman–Crippen LogP) is 12.8. The van der Waals surface area contributed by atoms with E-state index in [9.17, 15) is 13.0 Å². The summed E-state index contributed by atoms with van der Waals surface area (Å²) in [6, 6.07) is 35.2. The second-order valence-electron chi connectivity index (χ2n) is 18.0. The largest absolute Gasteiger partial charge is 0.748 e. The molecule has 0 amide bonds. The van der Waals surface area contributed by atoms with Crippen LogP contribution in [-0.2, 0) is 20.9 Å². The smallest absolute Gasteiger partial charge is 0.210 e. The number of anilines is 2. The molecular weight excluding hydrogens is 886 g/mol. The standard InChI is InChI=1S/C53H58IN3O3S/c1-7-8-13-34-56-45-30-22-37-16-9-11-18-43(37)49(45)52(2,3)47(56)32-24-39-20-21-40(51(39)55(6)42-28-26-41(54)27-29-42)25-33-48-53(4,5)50-44-19-12-10-17-38(44)23-31-46(50)57(48)35-14-15-36-61(58,59)60/h9-12,16-19,22-33H,7-8,13-15,20-21,34-36H2,1-6H3. The number of fused-ring (bicyclic) bond motifs is 6. The van der Waals surface area contributed by atoms with Crippen molar-refractivity contribution >= 4 is 77.0 Å². The van der Waals surface area contributed by atoms with Crippen LogP contribution in [0.25, 0.3) is 21.5 Å². The molecule has 316 valence electrons. The third-order valence-electron chi connectivity index (χ3n) is 13.2. The van der Waals surface area contributed by atoms with Crippen LogP contribution in [0.3, 0.4) is 0 Å². The molecule has 2 aliphatic heterocycles. The first-order valence-electron chi connectivity index (χ1n) is 21.9. The van der Waals surface area contributed by atoms with Crippen molar-refractivity contribution in [1.82, 2.24) is 0 Å². The number of hydrogen-bond acceptors (Lipinski definition) is 5. The van der Waals surface area contributed by atoms with Crippen LogP contribution >= 0.6 is 22.6 Å². The fourth-order valence-electron chi connectivity index (χ4n) is 10.2. The van der Waals surface area contributed by atoms with Crippen molar-refractivity contribution in [2.45, 2.75) is 90.4 Å². The van der Waals surface area contributed by atoms with Gasteiger partial charge in [-0.3, -0.25) is 0 Å². The summed E-state index contributed by atoms with van der Waals surface area (Å²) in [5, 5.41) is 5.05. The summed E-state index contributed by atoms with van der Waals surface area (Å²) in [6.07, 6.45) is 15.8. The summed E-state index contributed by atoms with van der Waals surface area (Å²) in [5.74, 6) is -0.345. The average Bonchev–Trinajstić information content (AvgIpc) is 3.81. The lowest BCUT2D eigenvalue weighted by Crippen LogP contribution is -2.28. The summed E-state index contributed by atoms with van der Waals surface area (Å²) in [6.45, 7) is 13.3. The first kappa shape index (κ1) is 43.2. The molecule has 0 radical (unpaired) electrons. The highest BCUT2D eigenvalue weighted by Gasteiger charge is 2.46. The van der Waals surface area contributed by atoms with E-state index in [4.69, 9.17) is 0 Å². The highest BCUT2D eigenvalue weighted by Crippen LogP contribution is 2.51. The first-order chi connectivity index (χ1) is 29.2. The Labute approximate surface area is 377 Å². The van der Waals surface area contributed by atoms with Crippen LogP contribution in [0.4, 0.5) is 17.1 Å². The molecule has 3 aliphatic rings. The number of hydrogen-bond donors (Lipinski definition) is 0. The van der Waals surface area contributed by atoms with Gasteiger partial charge in [-0.1, -0.05) is 93.9 Å². The Morgan fingerprint density at radius 3 is 2.13 bits per heavy atom. The second-order valence-corrected chi connectivity index (χ2v) is 20.7. The lowest BCUT2D eigenvalue weighted by Gasteiger charge is -2.28. The number of benzene rings is 5. The molecule has 5 aromatic carbocycles. The Bertz CT molecular complexity index is 2770. The molecule has 6 nitrogen and oxygen atoms in total. The second kappa shape index (κ2) is 17.3. The number of nitrogens with zero attached hydrogens (tertiary/aromatic N) is 3. The van der Waals surface area contributed by atoms with Gasteiger partial charge < -0.3 is 14.4 Å². The van der Waals surface area contributed by atoms with Gasteiger partial charge in [-0.25, -0.2) is 8.42 Å². The van der Waals surface area contributed by atoms with E-state index in [2.05, 4.69) is 200 Å². The van der Waals surface area contributed by atoms with E-state index in [1.807, 2.05) is 0 Å². The molecule has 2 heterocycles. The van der Waals surface area contributed by atoms with Crippen LogP contribution in [0, 0.1) is 3.57 Å². The maximum Gasteiger partial charge on any atom is 0.210 e. The van der Waals surface area contributed by atoms with Crippen LogP contribution in [0.2, 0.25) is 0 Å². The van der Waals surface area contributed by atoms with Crippen molar-refractivity contribution in [3.8, 4) is 0 Å². The van der Waals surface area contributed by atoms with E-state index >= 15 is 0 Å². The molecule has 0 saturated heterocycles. The van der Waals surface area contributed by atoms with Gasteiger partial charge >= 0.3 is 0 Å². The van der Waals surface area contributed by atoms with Crippen molar-refractivity contribution < 1.29 is 17.5 Å². The summed E-state index contributed by atoms with van der Waals surface area (Å²) in [4.78, 5) is 4.73. The highest BCUT2D eigenvalue weighted by atomic mass is 127. The molecule has 1 aliphatic carbocycles. The van der Waals surface area contributed by atoms with Gasteiger partial charge in [-0.15, -0.1) is 0 Å². The Morgan fingerprint density at radius 1 is 0.770 bits per heavy atom. The number of allylic oxidation sites excluding steroid dienone is 7. The molecule has 0 spiro atoms. The van der Waals surface area contributed by atoms with Crippen molar-refractivity contribution in [3.63, 3.8) is 0 Å². The molecular formula is C53H58IN3O3S. The minimum absolute atomic E-state index is 0.183. The zero-order chi connectivity index (χ0) is 43.1. The first-order valence-corrected chi connectivity index (χ1v) is 24.6. The zero-order valence-electron chi connectivity index (χ0n) is 36.5. The fourth-order valence-corrected chi connectivity index (χ4v) is 11.2. The van der Waals surface area contributed by atoms with E-state index in [1.165, 1.54) is 83.0 Å². The van der Waals surface area contributed by atoms with E-state index in [0.717, 1.165) is 37.2 Å². The molecule has 0 atom stereocenters. The lowest BCUT2D eigenvalue weighted by molar-refractivity contribution is -0.438. The Balaban J connectivity index is 1.23. The molecule has 5 aromatic rings. The van der Waals surface area contributed by atoms with Gasteiger partial charge in [0.05, 0.1) is 15.5 Å². The molecule has 61 heavy (non-hydrogen) atoms.